The molecule has 0 saturated heterocycles. The van der Waals surface area contributed by atoms with Crippen molar-refractivity contribution in [1.82, 2.24) is 5.32 Å². The third-order valence-corrected chi connectivity index (χ3v) is 2.61. The number of rotatable bonds is 5. The lowest BCUT2D eigenvalue weighted by Crippen LogP contribution is -2.27. The van der Waals surface area contributed by atoms with Crippen LogP contribution in [-0.2, 0) is 4.79 Å². The zero-order valence-electron chi connectivity index (χ0n) is 12.5. The third-order valence-electron chi connectivity index (χ3n) is 2.61. The lowest BCUT2D eigenvalue weighted by molar-refractivity contribution is -0.138. The van der Waals surface area contributed by atoms with Gasteiger partial charge in [-0.3, -0.25) is 9.59 Å². The van der Waals surface area contributed by atoms with Crippen LogP contribution < -0.4 is 10.1 Å². The summed E-state index contributed by atoms with van der Waals surface area (Å²) in [5.74, 6) is -4.58. The minimum atomic E-state index is -1.08. The zero-order valence-corrected chi connectivity index (χ0v) is 12.5. The number of benzene rings is 1. The van der Waals surface area contributed by atoms with Crippen LogP contribution in [0.3, 0.4) is 0 Å². The molecular formula is C15H19F2NO3. The number of carbonyl (C=O) groups excluding carboxylic acids is 2. The minimum absolute atomic E-state index is 0.157. The summed E-state index contributed by atoms with van der Waals surface area (Å²) in [6.45, 7) is 7.29. The van der Waals surface area contributed by atoms with Crippen molar-refractivity contribution in [2.75, 3.05) is 6.54 Å². The van der Waals surface area contributed by atoms with Crippen LogP contribution in [0.15, 0.2) is 12.1 Å². The summed E-state index contributed by atoms with van der Waals surface area (Å²) in [5.41, 5.74) is -0.157. The van der Waals surface area contributed by atoms with Gasteiger partial charge in [-0.15, -0.1) is 0 Å². The first-order valence-corrected chi connectivity index (χ1v) is 6.71. The van der Waals surface area contributed by atoms with Gasteiger partial charge < -0.3 is 10.1 Å². The average molecular weight is 299 g/mol. The van der Waals surface area contributed by atoms with Gasteiger partial charge in [-0.2, -0.15) is 0 Å². The van der Waals surface area contributed by atoms with E-state index in [1.807, 2.05) is 13.8 Å². The molecule has 1 aromatic rings. The first-order valence-electron chi connectivity index (χ1n) is 6.71. The Morgan fingerprint density at radius 3 is 2.10 bits per heavy atom. The molecule has 4 nitrogen and oxygen atoms in total. The summed E-state index contributed by atoms with van der Waals surface area (Å²) in [6.07, 6.45) is 0. The van der Waals surface area contributed by atoms with E-state index in [1.165, 1.54) is 0 Å². The van der Waals surface area contributed by atoms with Crippen LogP contribution in [0.1, 0.15) is 38.1 Å². The van der Waals surface area contributed by atoms with Crippen LogP contribution in [0.2, 0.25) is 0 Å². The standard InChI is InChI=1S/C15H19F2NO3/c1-8(2)7-18-14(19)10-5-11(16)13(12(17)6-10)21-15(20)9(3)4/h5-6,8-9H,7H2,1-4H3,(H,18,19). The van der Waals surface area contributed by atoms with E-state index in [9.17, 15) is 18.4 Å². The smallest absolute Gasteiger partial charge is 0.313 e. The van der Waals surface area contributed by atoms with Crippen molar-refractivity contribution < 1.29 is 23.1 Å². The van der Waals surface area contributed by atoms with E-state index in [-0.39, 0.29) is 11.5 Å². The van der Waals surface area contributed by atoms with Gasteiger partial charge >= 0.3 is 5.97 Å². The summed E-state index contributed by atoms with van der Waals surface area (Å²) >= 11 is 0. The van der Waals surface area contributed by atoms with E-state index in [0.29, 0.717) is 6.54 Å². The fourth-order valence-electron chi connectivity index (χ4n) is 1.41. The summed E-state index contributed by atoms with van der Waals surface area (Å²) in [7, 11) is 0. The van der Waals surface area contributed by atoms with Gasteiger partial charge in [0.05, 0.1) is 5.92 Å². The highest BCUT2D eigenvalue weighted by Crippen LogP contribution is 2.24. The molecule has 0 aliphatic carbocycles. The van der Waals surface area contributed by atoms with Crippen molar-refractivity contribution >= 4 is 11.9 Å². The van der Waals surface area contributed by atoms with Gasteiger partial charge in [-0.1, -0.05) is 27.7 Å². The van der Waals surface area contributed by atoms with E-state index in [1.54, 1.807) is 13.8 Å². The highest BCUT2D eigenvalue weighted by Gasteiger charge is 2.20. The third kappa shape index (κ3) is 4.81. The normalized spacial score (nSPS) is 10.9. The predicted molar refractivity (Wildman–Crippen MR) is 74.0 cm³/mol. The Balaban J connectivity index is 2.94. The van der Waals surface area contributed by atoms with E-state index in [0.717, 1.165) is 12.1 Å². The number of carbonyl (C=O) groups is 2. The molecule has 0 bridgehead atoms. The number of esters is 1. The molecule has 0 aromatic heterocycles. The van der Waals surface area contributed by atoms with Crippen LogP contribution in [0.5, 0.6) is 5.75 Å². The Bertz CT molecular complexity index is 519. The molecule has 6 heteroatoms. The number of amides is 1. The molecule has 0 radical (unpaired) electrons. The Kier molecular flexibility index (Phi) is 5.81. The molecule has 0 heterocycles. The van der Waals surface area contributed by atoms with Crippen molar-refractivity contribution in [1.29, 1.82) is 0 Å². The maximum atomic E-state index is 13.8. The molecule has 21 heavy (non-hydrogen) atoms. The maximum absolute atomic E-state index is 13.8. The molecule has 116 valence electrons. The summed E-state index contributed by atoms with van der Waals surface area (Å²) in [6, 6.07) is 1.70. The molecule has 0 saturated carbocycles. The van der Waals surface area contributed by atoms with Gasteiger partial charge in [-0.05, 0) is 18.1 Å². The van der Waals surface area contributed by atoms with Crippen molar-refractivity contribution in [3.05, 3.63) is 29.3 Å². The summed E-state index contributed by atoms with van der Waals surface area (Å²) in [4.78, 5) is 23.1. The van der Waals surface area contributed by atoms with Crippen molar-refractivity contribution in [3.8, 4) is 5.75 Å². The van der Waals surface area contributed by atoms with E-state index < -0.39 is 35.2 Å². The van der Waals surface area contributed by atoms with E-state index in [4.69, 9.17) is 0 Å². The number of hydrogen-bond acceptors (Lipinski definition) is 3. The first kappa shape index (κ1) is 17.1. The van der Waals surface area contributed by atoms with Gasteiger partial charge in [0.15, 0.2) is 11.6 Å². The Hall–Kier alpha value is -1.98. The van der Waals surface area contributed by atoms with E-state index >= 15 is 0 Å². The molecule has 0 aliphatic heterocycles. The number of ether oxygens (including phenoxy) is 1. The van der Waals surface area contributed by atoms with Crippen LogP contribution >= 0.6 is 0 Å². The quantitative estimate of drug-likeness (QED) is 0.672. The molecule has 0 atom stereocenters. The summed E-state index contributed by atoms with van der Waals surface area (Å²) < 4.78 is 32.2. The molecule has 1 rings (SSSR count). The Morgan fingerprint density at radius 1 is 1.14 bits per heavy atom. The van der Waals surface area contributed by atoms with Crippen molar-refractivity contribution in [3.63, 3.8) is 0 Å². The zero-order chi connectivity index (χ0) is 16.2. The predicted octanol–water partition coefficient (Wildman–Crippen LogP) is 2.91. The van der Waals surface area contributed by atoms with Crippen LogP contribution in [0, 0.1) is 23.5 Å². The molecule has 0 fully saturated rings. The minimum Gasteiger partial charge on any atom is -0.420 e. The fourth-order valence-corrected chi connectivity index (χ4v) is 1.41. The number of nitrogens with one attached hydrogen (secondary N) is 1. The average Bonchev–Trinajstić information content (AvgIpc) is 2.39. The SMILES string of the molecule is CC(C)CNC(=O)c1cc(F)c(OC(=O)C(C)C)c(F)c1. The van der Waals surface area contributed by atoms with Crippen LogP contribution in [0.25, 0.3) is 0 Å². The molecule has 1 N–H and O–H groups in total. The molecule has 0 unspecified atom stereocenters. The molecule has 1 aromatic carbocycles. The second-order valence-corrected chi connectivity index (χ2v) is 5.45. The van der Waals surface area contributed by atoms with E-state index in [2.05, 4.69) is 10.1 Å². The van der Waals surface area contributed by atoms with Gasteiger partial charge in [0, 0.05) is 12.1 Å². The largest absolute Gasteiger partial charge is 0.420 e. The second-order valence-electron chi connectivity index (χ2n) is 5.45. The lowest BCUT2D eigenvalue weighted by atomic mass is 10.1. The fraction of sp³-hybridized carbons (Fsp3) is 0.467. The van der Waals surface area contributed by atoms with Crippen molar-refractivity contribution in [2.45, 2.75) is 27.7 Å². The first-order chi connectivity index (χ1) is 9.72. The lowest BCUT2D eigenvalue weighted by Gasteiger charge is -2.11. The van der Waals surface area contributed by atoms with Gasteiger partial charge in [0.2, 0.25) is 5.75 Å². The maximum Gasteiger partial charge on any atom is 0.313 e. The van der Waals surface area contributed by atoms with Crippen LogP contribution in [0.4, 0.5) is 8.78 Å². The van der Waals surface area contributed by atoms with Crippen LogP contribution in [-0.4, -0.2) is 18.4 Å². The molecule has 0 spiro atoms. The van der Waals surface area contributed by atoms with Gasteiger partial charge in [0.1, 0.15) is 0 Å². The number of hydrogen-bond donors (Lipinski definition) is 1. The highest BCUT2D eigenvalue weighted by atomic mass is 19.1. The topological polar surface area (TPSA) is 55.4 Å². The Labute approximate surface area is 122 Å². The Morgan fingerprint density at radius 2 is 1.67 bits per heavy atom. The van der Waals surface area contributed by atoms with Crippen molar-refractivity contribution in [2.24, 2.45) is 11.8 Å². The van der Waals surface area contributed by atoms with Gasteiger partial charge in [-0.25, -0.2) is 8.78 Å². The highest BCUT2D eigenvalue weighted by molar-refractivity contribution is 5.94. The number of halogens is 2. The molecule has 0 aliphatic rings. The summed E-state index contributed by atoms with van der Waals surface area (Å²) in [5, 5.41) is 2.55. The molecular weight excluding hydrogens is 280 g/mol. The van der Waals surface area contributed by atoms with Gasteiger partial charge in [0.25, 0.3) is 5.91 Å². The second kappa shape index (κ2) is 7.15. The molecule has 1 amide bonds. The monoisotopic (exact) mass is 299 g/mol.